The van der Waals surface area contributed by atoms with Gasteiger partial charge in [0.05, 0.1) is 12.8 Å². The summed E-state index contributed by atoms with van der Waals surface area (Å²) < 4.78 is 6.93. The van der Waals surface area contributed by atoms with Crippen LogP contribution in [0.25, 0.3) is 0 Å². The number of rotatable bonds is 5. The van der Waals surface area contributed by atoms with Crippen molar-refractivity contribution in [3.05, 3.63) is 75.4 Å². The Bertz CT molecular complexity index is 930. The average Bonchev–Trinajstić information content (AvgIpc) is 3.19. The van der Waals surface area contributed by atoms with Crippen molar-refractivity contribution in [2.45, 2.75) is 13.5 Å². The first-order valence-corrected chi connectivity index (χ1v) is 8.14. The molecule has 2 heterocycles. The van der Waals surface area contributed by atoms with E-state index in [0.29, 0.717) is 22.4 Å². The van der Waals surface area contributed by atoms with Crippen LogP contribution < -0.4 is 5.43 Å². The molecule has 6 nitrogen and oxygen atoms in total. The first-order valence-electron chi connectivity index (χ1n) is 7.38. The van der Waals surface area contributed by atoms with E-state index in [-0.39, 0.29) is 5.69 Å². The minimum absolute atomic E-state index is 0.248. The molecule has 3 rings (SSSR count). The molecule has 2 aromatic heterocycles. The number of hydrogen-bond acceptors (Lipinski definition) is 4. The van der Waals surface area contributed by atoms with Crippen LogP contribution in [0.4, 0.5) is 0 Å². The quantitative estimate of drug-likeness (QED) is 0.541. The third-order valence-corrected chi connectivity index (χ3v) is 3.93. The lowest BCUT2D eigenvalue weighted by molar-refractivity contribution is 0.0949. The summed E-state index contributed by atoms with van der Waals surface area (Å²) in [5.74, 6) is 0.911. The molecule has 3 aromatic rings. The zero-order valence-electron chi connectivity index (χ0n) is 13.2. The number of hydrazone groups is 1. The number of carbonyl (C=O) groups is 1. The minimum atomic E-state index is -0.416. The van der Waals surface area contributed by atoms with E-state index >= 15 is 0 Å². The Kier molecular flexibility index (Phi) is 5.21. The number of carbonyl (C=O) groups excluding carboxylic acids is 1. The van der Waals surface area contributed by atoms with Gasteiger partial charge in [0.25, 0.3) is 5.91 Å². The Balaban J connectivity index is 1.62. The van der Waals surface area contributed by atoms with Crippen LogP contribution in [0.1, 0.15) is 27.6 Å². The van der Waals surface area contributed by atoms with Crippen LogP contribution in [0.5, 0.6) is 0 Å². The highest BCUT2D eigenvalue weighted by molar-refractivity contribution is 6.35. The summed E-state index contributed by atoms with van der Waals surface area (Å²) in [5.41, 5.74) is 3.51. The number of halogens is 2. The van der Waals surface area contributed by atoms with Gasteiger partial charge >= 0.3 is 0 Å². The highest BCUT2D eigenvalue weighted by Gasteiger charge is 2.10. The van der Waals surface area contributed by atoms with Gasteiger partial charge in [0, 0.05) is 16.2 Å². The summed E-state index contributed by atoms with van der Waals surface area (Å²) in [7, 11) is 0. The largest absolute Gasteiger partial charge is 0.460 e. The zero-order chi connectivity index (χ0) is 17.8. The summed E-state index contributed by atoms with van der Waals surface area (Å²) >= 11 is 12.0. The predicted octanol–water partition coefficient (Wildman–Crippen LogP) is 3.90. The SMILES string of the molecule is Cc1ccc(/C=N/NC(=O)c2ccn(Cc3ccc(Cl)cc3Cl)n2)o1. The van der Waals surface area contributed by atoms with Crippen molar-refractivity contribution >= 4 is 35.3 Å². The number of amides is 1. The molecule has 0 fully saturated rings. The van der Waals surface area contributed by atoms with Gasteiger partial charge in [-0.1, -0.05) is 29.3 Å². The number of aromatic nitrogens is 2. The second-order valence-electron chi connectivity index (χ2n) is 5.28. The van der Waals surface area contributed by atoms with Gasteiger partial charge in [-0.3, -0.25) is 9.48 Å². The molecule has 1 N–H and O–H groups in total. The summed E-state index contributed by atoms with van der Waals surface area (Å²) in [4.78, 5) is 12.0. The Labute approximate surface area is 154 Å². The maximum absolute atomic E-state index is 12.0. The molecule has 1 amide bonds. The van der Waals surface area contributed by atoms with Gasteiger partial charge in [-0.15, -0.1) is 0 Å². The average molecular weight is 377 g/mol. The molecule has 0 aliphatic heterocycles. The zero-order valence-corrected chi connectivity index (χ0v) is 14.8. The molecule has 0 aliphatic rings. The topological polar surface area (TPSA) is 72.4 Å². The maximum atomic E-state index is 12.0. The molecule has 0 bridgehead atoms. The fourth-order valence-corrected chi connectivity index (χ4v) is 2.60. The van der Waals surface area contributed by atoms with Crippen molar-refractivity contribution in [1.29, 1.82) is 0 Å². The first-order chi connectivity index (χ1) is 12.0. The fourth-order valence-electron chi connectivity index (χ4n) is 2.13. The van der Waals surface area contributed by atoms with E-state index in [1.54, 1.807) is 35.1 Å². The third kappa shape index (κ3) is 4.49. The normalized spacial score (nSPS) is 11.2. The molecule has 25 heavy (non-hydrogen) atoms. The second kappa shape index (κ2) is 7.55. The van der Waals surface area contributed by atoms with Crippen molar-refractivity contribution in [3.8, 4) is 0 Å². The fraction of sp³-hybridized carbons (Fsp3) is 0.118. The van der Waals surface area contributed by atoms with E-state index in [0.717, 1.165) is 11.3 Å². The van der Waals surface area contributed by atoms with Gasteiger partial charge < -0.3 is 4.42 Å². The number of furan rings is 1. The van der Waals surface area contributed by atoms with Crippen molar-refractivity contribution in [2.24, 2.45) is 5.10 Å². The van der Waals surface area contributed by atoms with Crippen molar-refractivity contribution < 1.29 is 9.21 Å². The Morgan fingerprint density at radius 1 is 1.32 bits per heavy atom. The minimum Gasteiger partial charge on any atom is -0.460 e. The number of hydrogen-bond donors (Lipinski definition) is 1. The summed E-state index contributed by atoms with van der Waals surface area (Å²) in [5, 5.41) is 9.18. The predicted molar refractivity (Wildman–Crippen MR) is 96.3 cm³/mol. The van der Waals surface area contributed by atoms with E-state index in [2.05, 4.69) is 15.6 Å². The highest BCUT2D eigenvalue weighted by atomic mass is 35.5. The van der Waals surface area contributed by atoms with Gasteiger partial charge in [0.15, 0.2) is 5.69 Å². The molecule has 0 aliphatic carbocycles. The first kappa shape index (κ1) is 17.3. The maximum Gasteiger partial charge on any atom is 0.291 e. The lowest BCUT2D eigenvalue weighted by Crippen LogP contribution is -2.18. The Hall–Kier alpha value is -2.57. The lowest BCUT2D eigenvalue weighted by atomic mass is 10.2. The number of aryl methyl sites for hydroxylation is 1. The lowest BCUT2D eigenvalue weighted by Gasteiger charge is -2.05. The van der Waals surface area contributed by atoms with Crippen LogP contribution in [-0.4, -0.2) is 21.9 Å². The van der Waals surface area contributed by atoms with E-state index in [1.165, 1.54) is 6.21 Å². The molecule has 8 heteroatoms. The Morgan fingerprint density at radius 2 is 2.16 bits per heavy atom. The van der Waals surface area contributed by atoms with Gasteiger partial charge in [0.1, 0.15) is 11.5 Å². The molecule has 0 saturated carbocycles. The van der Waals surface area contributed by atoms with Gasteiger partial charge in [0.2, 0.25) is 0 Å². The van der Waals surface area contributed by atoms with E-state index in [1.807, 2.05) is 19.1 Å². The van der Waals surface area contributed by atoms with Crippen LogP contribution in [0, 0.1) is 6.92 Å². The van der Waals surface area contributed by atoms with Crippen LogP contribution >= 0.6 is 23.2 Å². The number of benzene rings is 1. The Morgan fingerprint density at radius 3 is 2.88 bits per heavy atom. The van der Waals surface area contributed by atoms with Crippen molar-refractivity contribution in [3.63, 3.8) is 0 Å². The number of nitrogens with zero attached hydrogens (tertiary/aromatic N) is 3. The van der Waals surface area contributed by atoms with Gasteiger partial charge in [-0.05, 0) is 42.8 Å². The van der Waals surface area contributed by atoms with Crippen LogP contribution in [-0.2, 0) is 6.54 Å². The smallest absolute Gasteiger partial charge is 0.291 e. The molecule has 0 spiro atoms. The summed E-state index contributed by atoms with van der Waals surface area (Å²) in [6, 6.07) is 10.4. The molecule has 0 atom stereocenters. The standard InChI is InChI=1S/C17H14Cl2N4O2/c1-11-2-5-14(25-11)9-20-21-17(24)16-6-7-23(22-16)10-12-3-4-13(18)8-15(12)19/h2-9H,10H2,1H3,(H,21,24)/b20-9+. The van der Waals surface area contributed by atoms with E-state index < -0.39 is 5.91 Å². The molecular formula is C17H14Cl2N4O2. The van der Waals surface area contributed by atoms with E-state index in [4.69, 9.17) is 27.6 Å². The summed E-state index contributed by atoms with van der Waals surface area (Å²) in [6.45, 7) is 2.26. The molecule has 0 unspecified atom stereocenters. The molecule has 1 aromatic carbocycles. The molecule has 0 radical (unpaired) electrons. The molecule has 0 saturated heterocycles. The number of nitrogens with one attached hydrogen (secondary N) is 1. The summed E-state index contributed by atoms with van der Waals surface area (Å²) in [6.07, 6.45) is 3.12. The second-order valence-corrected chi connectivity index (χ2v) is 6.13. The third-order valence-electron chi connectivity index (χ3n) is 3.34. The highest BCUT2D eigenvalue weighted by Crippen LogP contribution is 2.21. The van der Waals surface area contributed by atoms with Crippen LogP contribution in [0.3, 0.4) is 0 Å². The van der Waals surface area contributed by atoms with Crippen molar-refractivity contribution in [2.75, 3.05) is 0 Å². The van der Waals surface area contributed by atoms with Gasteiger partial charge in [-0.25, -0.2) is 5.43 Å². The van der Waals surface area contributed by atoms with Gasteiger partial charge in [-0.2, -0.15) is 10.2 Å². The molecule has 128 valence electrons. The van der Waals surface area contributed by atoms with Crippen LogP contribution in [0.2, 0.25) is 10.0 Å². The van der Waals surface area contributed by atoms with E-state index in [9.17, 15) is 4.79 Å². The molecular weight excluding hydrogens is 363 g/mol. The van der Waals surface area contributed by atoms with Crippen molar-refractivity contribution in [1.82, 2.24) is 15.2 Å². The monoisotopic (exact) mass is 376 g/mol. The van der Waals surface area contributed by atoms with Crippen LogP contribution in [0.15, 0.2) is 52.1 Å².